The van der Waals surface area contributed by atoms with Crippen LogP contribution in [0.2, 0.25) is 10.0 Å². The summed E-state index contributed by atoms with van der Waals surface area (Å²) in [5, 5.41) is 6.00. The van der Waals surface area contributed by atoms with Crippen LogP contribution in [0.15, 0.2) is 30.3 Å². The highest BCUT2D eigenvalue weighted by atomic mass is 35.5. The summed E-state index contributed by atoms with van der Waals surface area (Å²) in [6.07, 6.45) is 0. The monoisotopic (exact) mass is 339 g/mol. The zero-order chi connectivity index (χ0) is 15.7. The van der Waals surface area contributed by atoms with Gasteiger partial charge in [0.05, 0.1) is 31.3 Å². The van der Waals surface area contributed by atoms with E-state index in [0.29, 0.717) is 33.9 Å². The number of benzene rings is 2. The van der Waals surface area contributed by atoms with E-state index in [1.54, 1.807) is 20.3 Å². The summed E-state index contributed by atoms with van der Waals surface area (Å²) in [7, 11) is 3.09. The van der Waals surface area contributed by atoms with Crippen molar-refractivity contribution < 1.29 is 9.47 Å². The van der Waals surface area contributed by atoms with Gasteiger partial charge in [0.1, 0.15) is 28.2 Å². The summed E-state index contributed by atoms with van der Waals surface area (Å²) in [5.74, 6) is 0.983. The predicted octanol–water partition coefficient (Wildman–Crippen LogP) is 4.23. The maximum atomic E-state index is 6.37. The Kier molecular flexibility index (Phi) is 4.09. The maximum absolute atomic E-state index is 6.37. The summed E-state index contributed by atoms with van der Waals surface area (Å²) in [4.78, 5) is 0. The fraction of sp³-hybridized carbons (Fsp3) is 0.200. The standard InChI is InChI=1S/C15H15Cl2N3O2/c1-21-11-7-12(22-2)14(17)15(13(11)16)19-20-8-18-9-5-3-4-6-10(9)20/h3-7,18-19H,8H2,1-2H3. The number of hydrazine groups is 1. The molecular formula is C15H15Cl2N3O2. The van der Waals surface area contributed by atoms with Crippen molar-refractivity contribution in [3.8, 4) is 11.5 Å². The van der Waals surface area contributed by atoms with E-state index >= 15 is 0 Å². The zero-order valence-corrected chi connectivity index (χ0v) is 13.6. The average molecular weight is 340 g/mol. The fourth-order valence-electron chi connectivity index (χ4n) is 2.33. The first-order valence-electron chi connectivity index (χ1n) is 6.62. The van der Waals surface area contributed by atoms with Crippen LogP contribution in [0, 0.1) is 0 Å². The van der Waals surface area contributed by atoms with Gasteiger partial charge in [0, 0.05) is 6.07 Å². The number of anilines is 3. The Morgan fingerprint density at radius 3 is 2.36 bits per heavy atom. The lowest BCUT2D eigenvalue weighted by Crippen LogP contribution is -2.29. The van der Waals surface area contributed by atoms with Crippen LogP contribution < -0.4 is 25.2 Å². The number of nitrogens with one attached hydrogen (secondary N) is 2. The van der Waals surface area contributed by atoms with Gasteiger partial charge in [0.2, 0.25) is 0 Å². The molecule has 2 aromatic rings. The Bertz CT molecular complexity index is 681. The fourth-order valence-corrected chi connectivity index (χ4v) is 2.91. The van der Waals surface area contributed by atoms with Crippen LogP contribution in [0.5, 0.6) is 11.5 Å². The Balaban J connectivity index is 1.99. The molecule has 116 valence electrons. The second-order valence-electron chi connectivity index (χ2n) is 4.68. The second kappa shape index (κ2) is 6.02. The van der Waals surface area contributed by atoms with Crippen LogP contribution in [-0.4, -0.2) is 20.9 Å². The number of halogens is 2. The van der Waals surface area contributed by atoms with Gasteiger partial charge >= 0.3 is 0 Å². The van der Waals surface area contributed by atoms with Crippen molar-refractivity contribution in [2.75, 3.05) is 36.6 Å². The first kappa shape index (κ1) is 14.9. The van der Waals surface area contributed by atoms with Crippen LogP contribution >= 0.6 is 23.2 Å². The molecule has 0 bridgehead atoms. The van der Waals surface area contributed by atoms with Crippen molar-refractivity contribution in [3.63, 3.8) is 0 Å². The number of nitrogens with zero attached hydrogens (tertiary/aromatic N) is 1. The maximum Gasteiger partial charge on any atom is 0.143 e. The van der Waals surface area contributed by atoms with Crippen molar-refractivity contribution in [1.82, 2.24) is 0 Å². The van der Waals surface area contributed by atoms with Gasteiger partial charge in [-0.05, 0) is 12.1 Å². The molecule has 0 unspecified atom stereocenters. The Morgan fingerprint density at radius 1 is 1.09 bits per heavy atom. The Morgan fingerprint density at radius 2 is 1.73 bits per heavy atom. The summed E-state index contributed by atoms with van der Waals surface area (Å²) >= 11 is 12.7. The van der Waals surface area contributed by atoms with E-state index in [2.05, 4.69) is 10.7 Å². The molecule has 1 heterocycles. The van der Waals surface area contributed by atoms with Crippen molar-refractivity contribution >= 4 is 40.3 Å². The third kappa shape index (κ3) is 2.46. The third-order valence-electron chi connectivity index (χ3n) is 3.44. The van der Waals surface area contributed by atoms with Crippen LogP contribution in [0.1, 0.15) is 0 Å². The number of methoxy groups -OCH3 is 2. The highest BCUT2D eigenvalue weighted by Gasteiger charge is 2.23. The van der Waals surface area contributed by atoms with Crippen molar-refractivity contribution in [2.24, 2.45) is 0 Å². The van der Waals surface area contributed by atoms with Crippen molar-refractivity contribution in [3.05, 3.63) is 40.4 Å². The minimum Gasteiger partial charge on any atom is -0.495 e. The van der Waals surface area contributed by atoms with Crippen molar-refractivity contribution in [2.45, 2.75) is 0 Å². The third-order valence-corrected chi connectivity index (χ3v) is 4.19. The predicted molar refractivity (Wildman–Crippen MR) is 90.6 cm³/mol. The van der Waals surface area contributed by atoms with Crippen LogP contribution in [0.4, 0.5) is 17.1 Å². The van der Waals surface area contributed by atoms with Gasteiger partial charge in [-0.2, -0.15) is 0 Å². The number of ether oxygens (including phenoxy) is 2. The molecule has 1 aliphatic rings. The zero-order valence-electron chi connectivity index (χ0n) is 12.1. The quantitative estimate of drug-likeness (QED) is 0.872. The molecule has 2 N–H and O–H groups in total. The van der Waals surface area contributed by atoms with Gasteiger partial charge in [0.15, 0.2) is 0 Å². The highest BCUT2D eigenvalue weighted by Crippen LogP contribution is 2.45. The van der Waals surface area contributed by atoms with E-state index in [0.717, 1.165) is 11.4 Å². The molecule has 0 aromatic heterocycles. The lowest BCUT2D eigenvalue weighted by Gasteiger charge is -2.23. The number of rotatable bonds is 4. The van der Waals surface area contributed by atoms with Gasteiger partial charge < -0.3 is 14.8 Å². The van der Waals surface area contributed by atoms with E-state index < -0.39 is 0 Å². The summed E-state index contributed by atoms with van der Waals surface area (Å²) in [6, 6.07) is 9.61. The van der Waals surface area contributed by atoms with E-state index in [-0.39, 0.29) is 0 Å². The molecule has 2 aromatic carbocycles. The van der Waals surface area contributed by atoms with Crippen molar-refractivity contribution in [1.29, 1.82) is 0 Å². The lowest BCUT2D eigenvalue weighted by molar-refractivity contribution is 0.395. The molecule has 0 saturated heterocycles. The number of hydrogen-bond donors (Lipinski definition) is 2. The topological polar surface area (TPSA) is 45.8 Å². The molecule has 0 spiro atoms. The number of fused-ring (bicyclic) bond motifs is 1. The minimum absolute atomic E-state index is 0.401. The molecule has 0 fully saturated rings. The first-order chi connectivity index (χ1) is 10.7. The normalized spacial score (nSPS) is 12.6. The van der Waals surface area contributed by atoms with E-state index in [4.69, 9.17) is 32.7 Å². The van der Waals surface area contributed by atoms with Gasteiger partial charge in [0.25, 0.3) is 0 Å². The molecular weight excluding hydrogens is 325 g/mol. The largest absolute Gasteiger partial charge is 0.495 e. The molecule has 7 heteroatoms. The van der Waals surface area contributed by atoms with Gasteiger partial charge in [-0.25, -0.2) is 0 Å². The molecule has 0 atom stereocenters. The summed E-state index contributed by atoms with van der Waals surface area (Å²) < 4.78 is 10.5. The second-order valence-corrected chi connectivity index (χ2v) is 5.43. The lowest BCUT2D eigenvalue weighted by atomic mass is 10.2. The van der Waals surface area contributed by atoms with E-state index in [1.165, 1.54) is 0 Å². The molecule has 22 heavy (non-hydrogen) atoms. The van der Waals surface area contributed by atoms with Gasteiger partial charge in [-0.3, -0.25) is 10.4 Å². The first-order valence-corrected chi connectivity index (χ1v) is 7.38. The van der Waals surface area contributed by atoms with Crippen LogP contribution in [0.3, 0.4) is 0 Å². The average Bonchev–Trinajstić information content (AvgIpc) is 2.95. The van der Waals surface area contributed by atoms with Gasteiger partial charge in [-0.1, -0.05) is 35.3 Å². The van der Waals surface area contributed by atoms with E-state index in [9.17, 15) is 0 Å². The summed E-state index contributed by atoms with van der Waals surface area (Å²) in [6.45, 7) is 0.589. The van der Waals surface area contributed by atoms with E-state index in [1.807, 2.05) is 29.3 Å². The molecule has 5 nitrogen and oxygen atoms in total. The minimum atomic E-state index is 0.401. The number of para-hydroxylation sites is 2. The molecule has 0 saturated carbocycles. The molecule has 3 rings (SSSR count). The molecule has 1 aliphatic heterocycles. The van der Waals surface area contributed by atoms with Gasteiger partial charge in [-0.15, -0.1) is 0 Å². The molecule has 0 aliphatic carbocycles. The number of hydrogen-bond acceptors (Lipinski definition) is 5. The Hall–Kier alpha value is -1.98. The smallest absolute Gasteiger partial charge is 0.143 e. The van der Waals surface area contributed by atoms with Crippen LogP contribution in [0.25, 0.3) is 0 Å². The SMILES string of the molecule is COc1cc(OC)c(Cl)c(NN2CNc3ccccc32)c1Cl. The Labute approximate surface area is 138 Å². The molecule has 0 amide bonds. The van der Waals surface area contributed by atoms with Crippen LogP contribution in [-0.2, 0) is 0 Å². The molecule has 0 radical (unpaired) electrons. The summed E-state index contributed by atoms with van der Waals surface area (Å²) in [5.41, 5.74) is 5.82. The highest BCUT2D eigenvalue weighted by molar-refractivity contribution is 6.41.